The molecule has 6 heteroatoms. The number of ether oxygens (including phenoxy) is 1. The Morgan fingerprint density at radius 3 is 2.66 bits per heavy atom. The van der Waals surface area contributed by atoms with Gasteiger partial charge in [0.1, 0.15) is 17.4 Å². The average molecular weight is 395 g/mol. The molecule has 2 aromatic carbocycles. The number of imidazole rings is 1. The molecule has 5 nitrogen and oxygen atoms in total. The first-order valence-electron chi connectivity index (χ1n) is 10.2. The van der Waals surface area contributed by atoms with E-state index in [9.17, 15) is 9.18 Å². The number of carbonyl (C=O) groups is 1. The van der Waals surface area contributed by atoms with Crippen molar-refractivity contribution in [1.29, 1.82) is 0 Å². The summed E-state index contributed by atoms with van der Waals surface area (Å²) in [5, 5.41) is 0. The second kappa shape index (κ2) is 8.23. The van der Waals surface area contributed by atoms with E-state index >= 15 is 0 Å². The highest BCUT2D eigenvalue weighted by atomic mass is 19.1. The van der Waals surface area contributed by atoms with Crippen LogP contribution in [-0.4, -0.2) is 40.1 Å². The second-order valence-electron chi connectivity index (χ2n) is 7.66. The molecule has 3 aromatic rings. The van der Waals surface area contributed by atoms with Crippen LogP contribution in [-0.2, 0) is 11.8 Å². The molecule has 0 unspecified atom stereocenters. The molecule has 152 valence electrons. The summed E-state index contributed by atoms with van der Waals surface area (Å²) in [4.78, 5) is 19.2. The van der Waals surface area contributed by atoms with Gasteiger partial charge in [-0.3, -0.25) is 4.79 Å². The summed E-state index contributed by atoms with van der Waals surface area (Å²) in [5.74, 6) is 1.04. The van der Waals surface area contributed by atoms with E-state index in [1.165, 1.54) is 25.0 Å². The maximum absolute atomic E-state index is 13.6. The first-order valence-corrected chi connectivity index (χ1v) is 10.2. The van der Waals surface area contributed by atoms with Crippen molar-refractivity contribution in [2.75, 3.05) is 19.7 Å². The van der Waals surface area contributed by atoms with Crippen molar-refractivity contribution >= 4 is 16.9 Å². The minimum absolute atomic E-state index is 0.0103. The van der Waals surface area contributed by atoms with Crippen molar-refractivity contribution in [2.45, 2.75) is 32.6 Å². The summed E-state index contributed by atoms with van der Waals surface area (Å²) in [6.07, 6.45) is 4.47. The number of amides is 1. The normalized spacial score (nSPS) is 14.8. The van der Waals surface area contributed by atoms with Crippen LogP contribution in [0.1, 0.15) is 31.2 Å². The van der Waals surface area contributed by atoms with Crippen LogP contribution in [0.2, 0.25) is 0 Å². The van der Waals surface area contributed by atoms with E-state index in [-0.39, 0.29) is 18.3 Å². The summed E-state index contributed by atoms with van der Waals surface area (Å²) in [6, 6.07) is 10.4. The fraction of sp³-hybridized carbons (Fsp3) is 0.391. The second-order valence-corrected chi connectivity index (χ2v) is 7.66. The summed E-state index contributed by atoms with van der Waals surface area (Å²) < 4.78 is 21.6. The molecular weight excluding hydrogens is 369 g/mol. The quantitative estimate of drug-likeness (QED) is 0.655. The number of carbonyl (C=O) groups excluding carboxylic acids is 1. The highest BCUT2D eigenvalue weighted by Gasteiger charge is 2.20. The van der Waals surface area contributed by atoms with E-state index in [4.69, 9.17) is 4.74 Å². The number of aromatic nitrogens is 2. The molecule has 0 aliphatic carbocycles. The number of likely N-dealkylation sites (tertiary alicyclic amines) is 1. The van der Waals surface area contributed by atoms with Crippen LogP contribution in [0.3, 0.4) is 0 Å². The summed E-state index contributed by atoms with van der Waals surface area (Å²) >= 11 is 0. The fourth-order valence-corrected chi connectivity index (χ4v) is 3.98. The van der Waals surface area contributed by atoms with E-state index < -0.39 is 0 Å². The van der Waals surface area contributed by atoms with Gasteiger partial charge in [0, 0.05) is 26.2 Å². The highest BCUT2D eigenvalue weighted by Crippen LogP contribution is 2.34. The molecule has 1 fully saturated rings. The Kier molecular flexibility index (Phi) is 5.51. The smallest absolute Gasteiger partial charge is 0.260 e. The Morgan fingerprint density at radius 2 is 1.90 bits per heavy atom. The van der Waals surface area contributed by atoms with Gasteiger partial charge in [-0.1, -0.05) is 25.0 Å². The van der Waals surface area contributed by atoms with Gasteiger partial charge in [-0.15, -0.1) is 0 Å². The number of hydrogen-bond donors (Lipinski definition) is 0. The lowest BCUT2D eigenvalue weighted by Crippen LogP contribution is -2.35. The molecule has 29 heavy (non-hydrogen) atoms. The van der Waals surface area contributed by atoms with Gasteiger partial charge in [-0.2, -0.15) is 0 Å². The Labute approximate surface area is 170 Å². The lowest BCUT2D eigenvalue weighted by Gasteiger charge is -2.21. The van der Waals surface area contributed by atoms with Gasteiger partial charge in [-0.25, -0.2) is 9.37 Å². The molecule has 1 aromatic heterocycles. The predicted molar refractivity (Wildman–Crippen MR) is 111 cm³/mol. The SMILES string of the molecule is Cc1cccc(-c2nc3cc(F)ccc3n2C)c1OCC(=O)N1CCCCCC1. The predicted octanol–water partition coefficient (Wildman–Crippen LogP) is 4.47. The van der Waals surface area contributed by atoms with E-state index in [0.717, 1.165) is 42.6 Å². The summed E-state index contributed by atoms with van der Waals surface area (Å²) in [7, 11) is 1.90. The Hall–Kier alpha value is -2.89. The highest BCUT2D eigenvalue weighted by molar-refractivity contribution is 5.83. The number of hydrogen-bond acceptors (Lipinski definition) is 3. The van der Waals surface area contributed by atoms with Crippen LogP contribution >= 0.6 is 0 Å². The van der Waals surface area contributed by atoms with Crippen molar-refractivity contribution in [3.8, 4) is 17.1 Å². The molecule has 1 aliphatic rings. The zero-order valence-electron chi connectivity index (χ0n) is 16.9. The fourth-order valence-electron chi connectivity index (χ4n) is 3.98. The van der Waals surface area contributed by atoms with Crippen LogP contribution in [0.5, 0.6) is 5.75 Å². The summed E-state index contributed by atoms with van der Waals surface area (Å²) in [6.45, 7) is 3.58. The van der Waals surface area contributed by atoms with Gasteiger partial charge in [0.2, 0.25) is 0 Å². The van der Waals surface area contributed by atoms with Gasteiger partial charge in [0.15, 0.2) is 6.61 Å². The molecule has 0 bridgehead atoms. The Morgan fingerprint density at radius 1 is 1.14 bits per heavy atom. The number of fused-ring (bicyclic) bond motifs is 1. The molecular formula is C23H26FN3O2. The molecule has 0 N–H and O–H groups in total. The van der Waals surface area contributed by atoms with Crippen LogP contribution in [0.15, 0.2) is 36.4 Å². The van der Waals surface area contributed by atoms with Gasteiger partial charge < -0.3 is 14.2 Å². The molecule has 0 spiro atoms. The molecule has 1 aliphatic heterocycles. The van der Waals surface area contributed by atoms with E-state index in [2.05, 4.69) is 4.98 Å². The van der Waals surface area contributed by atoms with Gasteiger partial charge in [0.05, 0.1) is 16.6 Å². The topological polar surface area (TPSA) is 47.4 Å². The largest absolute Gasteiger partial charge is 0.483 e. The third kappa shape index (κ3) is 3.97. The van der Waals surface area contributed by atoms with Crippen molar-refractivity contribution in [3.05, 3.63) is 47.8 Å². The molecule has 2 heterocycles. The van der Waals surface area contributed by atoms with Crippen LogP contribution in [0, 0.1) is 12.7 Å². The minimum Gasteiger partial charge on any atom is -0.483 e. The Bertz CT molecular complexity index is 1040. The number of rotatable bonds is 4. The van der Waals surface area contributed by atoms with Crippen LogP contribution in [0.25, 0.3) is 22.4 Å². The van der Waals surface area contributed by atoms with E-state index in [1.54, 1.807) is 6.07 Å². The van der Waals surface area contributed by atoms with Crippen LogP contribution < -0.4 is 4.74 Å². The number of benzene rings is 2. The van der Waals surface area contributed by atoms with E-state index in [0.29, 0.717) is 17.1 Å². The van der Waals surface area contributed by atoms with Crippen molar-refractivity contribution < 1.29 is 13.9 Å². The maximum Gasteiger partial charge on any atom is 0.260 e. The minimum atomic E-state index is -0.314. The van der Waals surface area contributed by atoms with Crippen molar-refractivity contribution in [2.24, 2.45) is 7.05 Å². The lowest BCUT2D eigenvalue weighted by atomic mass is 10.1. The molecule has 0 atom stereocenters. The molecule has 1 amide bonds. The maximum atomic E-state index is 13.6. The standard InChI is InChI=1S/C23H26FN3O2/c1-16-8-7-9-18(23-25-19-14-17(24)10-11-20(19)26(23)2)22(16)29-15-21(28)27-12-5-3-4-6-13-27/h7-11,14H,3-6,12-13,15H2,1-2H3. The zero-order valence-corrected chi connectivity index (χ0v) is 16.9. The van der Waals surface area contributed by atoms with Crippen molar-refractivity contribution in [1.82, 2.24) is 14.5 Å². The molecule has 1 saturated heterocycles. The Balaban J connectivity index is 1.62. The van der Waals surface area contributed by atoms with Gasteiger partial charge in [-0.05, 0) is 43.5 Å². The van der Waals surface area contributed by atoms with Gasteiger partial charge in [0.25, 0.3) is 5.91 Å². The molecule has 0 saturated carbocycles. The molecule has 0 radical (unpaired) electrons. The number of halogens is 1. The first kappa shape index (κ1) is 19.4. The number of para-hydroxylation sites is 1. The zero-order chi connectivity index (χ0) is 20.4. The van der Waals surface area contributed by atoms with Gasteiger partial charge >= 0.3 is 0 Å². The lowest BCUT2D eigenvalue weighted by molar-refractivity contribution is -0.133. The summed E-state index contributed by atoms with van der Waals surface area (Å²) in [5.41, 5.74) is 3.17. The number of nitrogens with zero attached hydrogens (tertiary/aromatic N) is 3. The molecule has 4 rings (SSSR count). The first-order chi connectivity index (χ1) is 14.0. The van der Waals surface area contributed by atoms with Crippen molar-refractivity contribution in [3.63, 3.8) is 0 Å². The monoisotopic (exact) mass is 395 g/mol. The number of aryl methyl sites for hydroxylation is 2. The third-order valence-electron chi connectivity index (χ3n) is 5.59. The average Bonchev–Trinajstić information content (AvgIpc) is 2.88. The van der Waals surface area contributed by atoms with E-state index in [1.807, 2.05) is 41.6 Å². The van der Waals surface area contributed by atoms with Crippen LogP contribution in [0.4, 0.5) is 4.39 Å². The third-order valence-corrected chi connectivity index (χ3v) is 5.59.